The third-order valence-corrected chi connectivity index (χ3v) is 1.12. The number of carboxylic acid groups (broad SMARTS) is 1. The number of aliphatic carboxylic acids is 1. The van der Waals surface area contributed by atoms with Crippen molar-refractivity contribution >= 4 is 11.8 Å². The maximum Gasteiger partial charge on any atom is 0.316 e. The van der Waals surface area contributed by atoms with Gasteiger partial charge in [-0.25, -0.2) is 0 Å². The van der Waals surface area contributed by atoms with E-state index in [1.807, 2.05) is 0 Å². The molecule has 4 nitrogen and oxygen atoms in total. The molecule has 1 atom stereocenters. The lowest BCUT2D eigenvalue weighted by atomic mass is 10.1. The summed E-state index contributed by atoms with van der Waals surface area (Å²) >= 11 is 0. The fraction of sp³-hybridized carbons (Fsp3) is 0.667. The maximum atomic E-state index is 10.5. The molecule has 0 aromatic carbocycles. The van der Waals surface area contributed by atoms with Gasteiger partial charge in [0.2, 0.25) is 0 Å². The first-order chi connectivity index (χ1) is 4.59. The first-order valence-electron chi connectivity index (χ1n) is 2.81. The van der Waals surface area contributed by atoms with Gasteiger partial charge in [-0.1, -0.05) is 0 Å². The summed E-state index contributed by atoms with van der Waals surface area (Å²) in [6, 6.07) is 0. The van der Waals surface area contributed by atoms with Crippen LogP contribution in [-0.2, 0) is 14.3 Å². The highest BCUT2D eigenvalue weighted by molar-refractivity contribution is 5.96. The molecule has 0 fully saturated rings. The molecule has 0 radical (unpaired) electrons. The van der Waals surface area contributed by atoms with Gasteiger partial charge in [-0.3, -0.25) is 9.59 Å². The fourth-order valence-corrected chi connectivity index (χ4v) is 0.529. The van der Waals surface area contributed by atoms with Crippen LogP contribution in [0.3, 0.4) is 0 Å². The molecule has 0 aromatic heterocycles. The molecular formula is C6H10O4. The predicted molar refractivity (Wildman–Crippen MR) is 33.7 cm³/mol. The van der Waals surface area contributed by atoms with Crippen molar-refractivity contribution in [2.24, 2.45) is 5.92 Å². The van der Waals surface area contributed by atoms with Gasteiger partial charge in [0, 0.05) is 7.11 Å². The van der Waals surface area contributed by atoms with Crippen LogP contribution in [0.5, 0.6) is 0 Å². The molecule has 0 aromatic rings. The van der Waals surface area contributed by atoms with Gasteiger partial charge in [-0.2, -0.15) is 0 Å². The summed E-state index contributed by atoms with van der Waals surface area (Å²) in [7, 11) is 1.36. The molecule has 0 rings (SSSR count). The summed E-state index contributed by atoms with van der Waals surface area (Å²) in [5, 5.41) is 8.37. The quantitative estimate of drug-likeness (QED) is 0.563. The van der Waals surface area contributed by atoms with Crippen molar-refractivity contribution in [3.8, 4) is 0 Å². The molecule has 58 valence electrons. The van der Waals surface area contributed by atoms with E-state index in [2.05, 4.69) is 4.74 Å². The molecule has 0 saturated heterocycles. The van der Waals surface area contributed by atoms with Gasteiger partial charge in [0.1, 0.15) is 11.7 Å². The van der Waals surface area contributed by atoms with E-state index in [-0.39, 0.29) is 12.4 Å². The summed E-state index contributed by atoms with van der Waals surface area (Å²) in [6.45, 7) is 1.18. The second-order valence-electron chi connectivity index (χ2n) is 1.96. The lowest BCUT2D eigenvalue weighted by molar-refractivity contribution is -0.147. The number of carbonyl (C=O) groups excluding carboxylic acids is 1. The molecule has 4 heteroatoms. The van der Waals surface area contributed by atoms with Crippen molar-refractivity contribution < 1.29 is 19.4 Å². The zero-order valence-corrected chi connectivity index (χ0v) is 5.96. The molecule has 0 heterocycles. The zero-order chi connectivity index (χ0) is 8.15. The summed E-state index contributed by atoms with van der Waals surface area (Å²) in [5.74, 6) is -2.52. The second-order valence-corrected chi connectivity index (χ2v) is 1.96. The van der Waals surface area contributed by atoms with Crippen molar-refractivity contribution in [3.05, 3.63) is 0 Å². The van der Waals surface area contributed by atoms with Gasteiger partial charge in [0.25, 0.3) is 0 Å². The standard InChI is InChI=1S/C6H10O4/c1-4(7)5(3-10-2)6(8)9/h5H,3H2,1-2H3,(H,8,9). The van der Waals surface area contributed by atoms with Crippen LogP contribution in [0.4, 0.5) is 0 Å². The predicted octanol–water partition coefficient (Wildman–Crippen LogP) is -0.0774. The van der Waals surface area contributed by atoms with Crippen LogP contribution in [0.15, 0.2) is 0 Å². The average molecular weight is 146 g/mol. The molecule has 1 unspecified atom stereocenters. The maximum absolute atomic E-state index is 10.5. The summed E-state index contributed by atoms with van der Waals surface area (Å²) < 4.78 is 4.52. The van der Waals surface area contributed by atoms with E-state index in [0.29, 0.717) is 0 Å². The van der Waals surface area contributed by atoms with Crippen LogP contribution in [0.25, 0.3) is 0 Å². The summed E-state index contributed by atoms with van der Waals surface area (Å²) in [6.07, 6.45) is 0. The normalized spacial score (nSPS) is 12.6. The monoisotopic (exact) mass is 146 g/mol. The van der Waals surface area contributed by atoms with Gasteiger partial charge in [0.15, 0.2) is 0 Å². The number of carboxylic acids is 1. The van der Waals surface area contributed by atoms with Gasteiger partial charge in [-0.15, -0.1) is 0 Å². The largest absolute Gasteiger partial charge is 0.481 e. The SMILES string of the molecule is COCC(C(C)=O)C(=O)O. The van der Waals surface area contributed by atoms with E-state index in [0.717, 1.165) is 0 Å². The molecule has 0 aliphatic heterocycles. The first kappa shape index (κ1) is 9.10. The summed E-state index contributed by atoms with van der Waals surface area (Å²) in [4.78, 5) is 20.7. The Morgan fingerprint density at radius 2 is 2.10 bits per heavy atom. The van der Waals surface area contributed by atoms with Gasteiger partial charge < -0.3 is 9.84 Å². The lowest BCUT2D eigenvalue weighted by Gasteiger charge is -2.05. The van der Waals surface area contributed by atoms with E-state index in [1.54, 1.807) is 0 Å². The zero-order valence-electron chi connectivity index (χ0n) is 5.96. The molecule has 0 bridgehead atoms. The van der Waals surface area contributed by atoms with Crippen molar-refractivity contribution in [1.82, 2.24) is 0 Å². The Morgan fingerprint density at radius 1 is 1.60 bits per heavy atom. The second kappa shape index (κ2) is 4.00. The number of Topliss-reactive ketones (excluding diaryl/α,β-unsaturated/α-hetero) is 1. The van der Waals surface area contributed by atoms with E-state index in [9.17, 15) is 9.59 Å². The average Bonchev–Trinajstić information content (AvgIpc) is 1.81. The highest BCUT2D eigenvalue weighted by Crippen LogP contribution is 1.97. The van der Waals surface area contributed by atoms with E-state index in [4.69, 9.17) is 5.11 Å². The molecule has 0 aliphatic rings. The Balaban J connectivity index is 3.98. The highest BCUT2D eigenvalue weighted by Gasteiger charge is 2.21. The van der Waals surface area contributed by atoms with Crippen LogP contribution in [0, 0.1) is 5.92 Å². The van der Waals surface area contributed by atoms with E-state index in [1.165, 1.54) is 14.0 Å². The topological polar surface area (TPSA) is 63.6 Å². The third kappa shape index (κ3) is 2.59. The Hall–Kier alpha value is -0.900. The minimum Gasteiger partial charge on any atom is -0.481 e. The van der Waals surface area contributed by atoms with Crippen LogP contribution in [0.2, 0.25) is 0 Å². The molecule has 0 spiro atoms. The van der Waals surface area contributed by atoms with Crippen molar-refractivity contribution in [2.75, 3.05) is 13.7 Å². The number of ether oxygens (including phenoxy) is 1. The number of hydrogen-bond donors (Lipinski definition) is 1. The van der Waals surface area contributed by atoms with Crippen LogP contribution in [-0.4, -0.2) is 30.6 Å². The van der Waals surface area contributed by atoms with E-state index >= 15 is 0 Å². The smallest absolute Gasteiger partial charge is 0.316 e. The molecule has 1 N–H and O–H groups in total. The minimum atomic E-state index is -1.13. The number of methoxy groups -OCH3 is 1. The number of carbonyl (C=O) groups is 2. The van der Waals surface area contributed by atoms with Crippen LogP contribution in [0.1, 0.15) is 6.92 Å². The fourth-order valence-electron chi connectivity index (χ4n) is 0.529. The van der Waals surface area contributed by atoms with Gasteiger partial charge in [0.05, 0.1) is 6.61 Å². The number of hydrogen-bond acceptors (Lipinski definition) is 3. The van der Waals surface area contributed by atoms with Crippen molar-refractivity contribution in [2.45, 2.75) is 6.92 Å². The molecular weight excluding hydrogens is 136 g/mol. The van der Waals surface area contributed by atoms with E-state index < -0.39 is 11.9 Å². The molecule has 10 heavy (non-hydrogen) atoms. The molecule has 0 saturated carbocycles. The number of ketones is 1. The van der Waals surface area contributed by atoms with Crippen LogP contribution < -0.4 is 0 Å². The Kier molecular flexibility index (Phi) is 3.64. The Bertz CT molecular complexity index is 127. The van der Waals surface area contributed by atoms with Crippen molar-refractivity contribution in [3.63, 3.8) is 0 Å². The third-order valence-electron chi connectivity index (χ3n) is 1.12. The van der Waals surface area contributed by atoms with Crippen molar-refractivity contribution in [1.29, 1.82) is 0 Å². The van der Waals surface area contributed by atoms with Gasteiger partial charge in [-0.05, 0) is 6.92 Å². The minimum absolute atomic E-state index is 0.0509. The lowest BCUT2D eigenvalue weighted by Crippen LogP contribution is -2.25. The van der Waals surface area contributed by atoms with Gasteiger partial charge >= 0.3 is 5.97 Å². The first-order valence-corrected chi connectivity index (χ1v) is 2.81. The number of rotatable bonds is 4. The Labute approximate surface area is 58.8 Å². The highest BCUT2D eigenvalue weighted by atomic mass is 16.5. The van der Waals surface area contributed by atoms with Crippen LogP contribution >= 0.6 is 0 Å². The molecule has 0 amide bonds. The summed E-state index contributed by atoms with van der Waals surface area (Å²) in [5.41, 5.74) is 0. The molecule has 0 aliphatic carbocycles. The Morgan fingerprint density at radius 3 is 2.20 bits per heavy atom.